The van der Waals surface area contributed by atoms with Crippen molar-refractivity contribution in [2.45, 2.75) is 26.4 Å². The van der Waals surface area contributed by atoms with Crippen LogP contribution in [-0.2, 0) is 26.4 Å². The molecule has 4 heterocycles. The number of fused-ring (bicyclic) bond motifs is 4. The molecule has 10 nitrogen and oxygen atoms in total. The van der Waals surface area contributed by atoms with Gasteiger partial charge in [-0.1, -0.05) is 97.1 Å². The molecular weight excluding hydrogens is 701 g/mol. The summed E-state index contributed by atoms with van der Waals surface area (Å²) in [5.41, 5.74) is 10.1. The zero-order valence-corrected chi connectivity index (χ0v) is 30.2. The number of amides is 4. The smallest absolute Gasteiger partial charge is 0.264 e. The number of benzene rings is 6. The molecule has 0 radical (unpaired) electrons. The van der Waals surface area contributed by atoms with Crippen LogP contribution in [0.3, 0.4) is 0 Å². The van der Waals surface area contributed by atoms with Gasteiger partial charge in [0.25, 0.3) is 23.6 Å². The normalized spacial score (nSPS) is 13.7. The Morgan fingerprint density at radius 1 is 0.375 bits per heavy atom. The summed E-state index contributed by atoms with van der Waals surface area (Å²) in [6.45, 7) is 1.50. The van der Waals surface area contributed by atoms with Gasteiger partial charge >= 0.3 is 0 Å². The first kappa shape index (κ1) is 33.1. The van der Waals surface area contributed by atoms with E-state index >= 15 is 0 Å². The summed E-state index contributed by atoms with van der Waals surface area (Å²) in [7, 11) is 0. The first-order valence-electron chi connectivity index (χ1n) is 18.4. The van der Waals surface area contributed by atoms with Crippen molar-refractivity contribution in [3.8, 4) is 11.1 Å². The van der Waals surface area contributed by atoms with E-state index < -0.39 is 0 Å². The monoisotopic (exact) mass is 734 g/mol. The number of carbonyl (C=O) groups is 4. The van der Waals surface area contributed by atoms with Gasteiger partial charge in [-0.2, -0.15) is 0 Å². The maximum absolute atomic E-state index is 13.1. The zero-order valence-electron chi connectivity index (χ0n) is 30.2. The Bertz CT molecular complexity index is 2640. The lowest BCUT2D eigenvalue weighted by molar-refractivity contribution is -0.685. The van der Waals surface area contributed by atoms with Crippen LogP contribution in [0.5, 0.6) is 0 Å². The number of imide groups is 2. The molecule has 0 aliphatic carbocycles. The molecule has 56 heavy (non-hydrogen) atoms. The van der Waals surface area contributed by atoms with Crippen molar-refractivity contribution < 1.29 is 28.3 Å². The fourth-order valence-corrected chi connectivity index (χ4v) is 8.00. The zero-order chi connectivity index (χ0) is 37.9. The lowest BCUT2D eigenvalue weighted by atomic mass is 10.0. The summed E-state index contributed by atoms with van der Waals surface area (Å²) in [4.78, 5) is 55.0. The summed E-state index contributed by atoms with van der Waals surface area (Å²) >= 11 is 0. The first-order valence-corrected chi connectivity index (χ1v) is 18.4. The van der Waals surface area contributed by atoms with Gasteiger partial charge < -0.3 is 0 Å². The molecule has 8 aromatic rings. The van der Waals surface area contributed by atoms with Crippen LogP contribution in [0.1, 0.15) is 52.6 Å². The summed E-state index contributed by atoms with van der Waals surface area (Å²) < 4.78 is 8.20. The molecule has 2 aromatic heterocycles. The number of carbonyl (C=O) groups excluding carboxylic acids is 4. The minimum absolute atomic E-state index is 0.130. The highest BCUT2D eigenvalue weighted by Gasteiger charge is 2.38. The number of hydrogen-bond donors (Lipinski definition) is 0. The molecule has 0 unspecified atom stereocenters. The summed E-state index contributed by atoms with van der Waals surface area (Å²) in [6.07, 6.45) is 3.95. The van der Waals surface area contributed by atoms with Gasteiger partial charge in [0.2, 0.25) is 12.7 Å². The van der Waals surface area contributed by atoms with E-state index in [4.69, 9.17) is 0 Å². The van der Waals surface area contributed by atoms with Crippen LogP contribution < -0.4 is 9.13 Å². The molecule has 0 saturated carbocycles. The summed E-state index contributed by atoms with van der Waals surface area (Å²) in [5, 5.41) is 0. The number of nitrogens with zero attached hydrogens (tertiary/aromatic N) is 6. The van der Waals surface area contributed by atoms with Crippen molar-refractivity contribution in [3.63, 3.8) is 0 Å². The molecule has 2 aliphatic heterocycles. The number of rotatable bonds is 9. The van der Waals surface area contributed by atoms with Crippen LogP contribution in [0, 0.1) is 0 Å². The van der Waals surface area contributed by atoms with Crippen molar-refractivity contribution in [2.24, 2.45) is 0 Å². The Kier molecular flexibility index (Phi) is 7.77. The van der Waals surface area contributed by atoms with Gasteiger partial charge in [-0.15, -0.1) is 0 Å². The van der Waals surface area contributed by atoms with Gasteiger partial charge in [-0.3, -0.25) is 19.2 Å². The van der Waals surface area contributed by atoms with E-state index in [2.05, 4.69) is 69.8 Å². The number of aromatic nitrogens is 4. The third kappa shape index (κ3) is 5.49. The van der Waals surface area contributed by atoms with Crippen LogP contribution in [-0.4, -0.2) is 42.6 Å². The van der Waals surface area contributed by atoms with E-state index in [9.17, 15) is 19.2 Å². The molecule has 4 amide bonds. The van der Waals surface area contributed by atoms with E-state index in [0.29, 0.717) is 35.3 Å². The third-order valence-electron chi connectivity index (χ3n) is 10.8. The molecule has 0 bridgehead atoms. The fraction of sp³-hybridized carbons (Fsp3) is 0.0870. The standard InChI is InChI=1S/C46H34N6O4/c53-43-35-9-1-2-10-36(35)44(54)51(43)29-49-27-47(39-13-5-7-15-41(39)49)25-31-17-21-33(22-18-31)34-23-19-32(20-24-34)26-48-28-50(42-16-8-6-14-40(42)48)30-52-45(55)37-11-3-4-12-38(37)46(52)56/h1-24,27-28H,25-26,29-30H2/q+2. The predicted octanol–water partition coefficient (Wildman–Crippen LogP) is 6.44. The molecule has 0 fully saturated rings. The SMILES string of the molecule is O=C1c2ccccc2C(=O)N1C[n+]1cn(Cc2ccc(-c3ccc(Cn4c[n+](CN5C(=O)c6ccccc6C5=O)c5ccccc54)cc3)cc2)c2ccccc21. The Balaban J connectivity index is 0.843. The molecule has 6 aromatic carbocycles. The largest absolute Gasteiger partial charge is 0.268 e. The molecule has 0 saturated heterocycles. The minimum atomic E-state index is -0.276. The molecule has 0 atom stereocenters. The average Bonchev–Trinajstić information content (AvgIpc) is 3.92. The second-order valence-corrected chi connectivity index (χ2v) is 14.2. The van der Waals surface area contributed by atoms with Gasteiger partial charge in [-0.25, -0.2) is 28.1 Å². The van der Waals surface area contributed by atoms with Gasteiger partial charge in [0, 0.05) is 0 Å². The number of para-hydroxylation sites is 4. The average molecular weight is 735 g/mol. The van der Waals surface area contributed by atoms with Crippen LogP contribution in [0.2, 0.25) is 0 Å². The minimum Gasteiger partial charge on any atom is -0.268 e. The Morgan fingerprint density at radius 3 is 1.05 bits per heavy atom. The summed E-state index contributed by atoms with van der Waals surface area (Å²) in [6, 6.07) is 47.0. The van der Waals surface area contributed by atoms with E-state index in [1.54, 1.807) is 48.5 Å². The molecule has 0 spiro atoms. The number of hydrogen-bond acceptors (Lipinski definition) is 4. The van der Waals surface area contributed by atoms with Crippen molar-refractivity contribution in [3.05, 3.63) is 192 Å². The number of imidazole rings is 2. The van der Waals surface area contributed by atoms with Crippen LogP contribution in [0.25, 0.3) is 33.2 Å². The quantitative estimate of drug-likeness (QED) is 0.126. The first-order chi connectivity index (χ1) is 27.4. The lowest BCUT2D eigenvalue weighted by Crippen LogP contribution is -2.45. The van der Waals surface area contributed by atoms with E-state index in [1.165, 1.54) is 9.80 Å². The fourth-order valence-electron chi connectivity index (χ4n) is 8.00. The maximum atomic E-state index is 13.1. The second kappa shape index (κ2) is 13.1. The van der Waals surface area contributed by atoms with Gasteiger partial charge in [-0.05, 0) is 70.8 Å². The Morgan fingerprint density at radius 2 is 0.696 bits per heavy atom. The molecule has 270 valence electrons. The van der Waals surface area contributed by atoms with Crippen LogP contribution >= 0.6 is 0 Å². The Labute approximate surface area is 321 Å². The molecule has 10 rings (SSSR count). The van der Waals surface area contributed by atoms with Gasteiger partial charge in [0.15, 0.2) is 35.4 Å². The van der Waals surface area contributed by atoms with Crippen LogP contribution in [0.15, 0.2) is 158 Å². The summed E-state index contributed by atoms with van der Waals surface area (Å²) in [5.74, 6) is -1.10. The van der Waals surface area contributed by atoms with Crippen molar-refractivity contribution >= 4 is 45.7 Å². The predicted molar refractivity (Wildman–Crippen MR) is 208 cm³/mol. The third-order valence-corrected chi connectivity index (χ3v) is 10.8. The molecular formula is C46H34N6O4+2. The van der Waals surface area contributed by atoms with Crippen molar-refractivity contribution in [2.75, 3.05) is 0 Å². The highest BCUT2D eigenvalue weighted by Crippen LogP contribution is 2.26. The Hall–Kier alpha value is -7.46. The van der Waals surface area contributed by atoms with Crippen molar-refractivity contribution in [1.82, 2.24) is 18.9 Å². The lowest BCUT2D eigenvalue weighted by Gasteiger charge is -2.11. The highest BCUT2D eigenvalue weighted by atomic mass is 16.2. The van der Waals surface area contributed by atoms with Gasteiger partial charge in [0.1, 0.15) is 13.1 Å². The molecule has 10 heteroatoms. The van der Waals surface area contributed by atoms with E-state index in [-0.39, 0.29) is 37.0 Å². The highest BCUT2D eigenvalue weighted by molar-refractivity contribution is 6.21. The van der Waals surface area contributed by atoms with E-state index in [0.717, 1.165) is 44.3 Å². The van der Waals surface area contributed by atoms with Crippen molar-refractivity contribution in [1.29, 1.82) is 0 Å². The maximum Gasteiger partial charge on any atom is 0.264 e. The molecule has 0 N–H and O–H groups in total. The van der Waals surface area contributed by atoms with Gasteiger partial charge in [0.05, 0.1) is 22.3 Å². The van der Waals surface area contributed by atoms with E-state index in [1.807, 2.05) is 58.2 Å². The topological polar surface area (TPSA) is 92.4 Å². The van der Waals surface area contributed by atoms with Crippen LogP contribution in [0.4, 0.5) is 0 Å². The second-order valence-electron chi connectivity index (χ2n) is 14.2. The molecule has 2 aliphatic rings.